The van der Waals surface area contributed by atoms with Gasteiger partial charge in [-0.1, -0.05) is 12.1 Å². The molecule has 5 heteroatoms. The molecule has 0 N–H and O–H groups in total. The predicted molar refractivity (Wildman–Crippen MR) is 74.1 cm³/mol. The van der Waals surface area contributed by atoms with Crippen LogP contribution in [-0.4, -0.2) is 9.55 Å². The average molecular weight is 267 g/mol. The first-order valence-electron chi connectivity index (χ1n) is 5.69. The molecule has 0 radical (unpaired) electrons. The molecular formula is C14H9N3OS. The van der Waals surface area contributed by atoms with Crippen molar-refractivity contribution >= 4 is 21.6 Å². The summed E-state index contributed by atoms with van der Waals surface area (Å²) in [7, 11) is 0. The molecule has 0 amide bonds. The third-order valence-electron chi connectivity index (χ3n) is 2.84. The van der Waals surface area contributed by atoms with Gasteiger partial charge in [-0.15, -0.1) is 11.3 Å². The van der Waals surface area contributed by atoms with Crippen molar-refractivity contribution < 1.29 is 0 Å². The number of fused-ring (bicyclic) bond motifs is 1. The molecule has 0 aliphatic heterocycles. The summed E-state index contributed by atoms with van der Waals surface area (Å²) in [5.74, 6) is 0. The highest BCUT2D eigenvalue weighted by Gasteiger charge is 2.05. The van der Waals surface area contributed by atoms with Crippen LogP contribution in [0.25, 0.3) is 10.2 Å². The minimum atomic E-state index is -0.0395. The molecule has 4 nitrogen and oxygen atoms in total. The Bertz CT molecular complexity index is 842. The molecule has 0 aliphatic carbocycles. The van der Waals surface area contributed by atoms with Gasteiger partial charge in [-0.05, 0) is 29.1 Å². The minimum Gasteiger partial charge on any atom is -0.294 e. The molecule has 1 aromatic carbocycles. The normalized spacial score (nSPS) is 10.5. The van der Waals surface area contributed by atoms with Gasteiger partial charge in [-0.3, -0.25) is 9.36 Å². The predicted octanol–water partition coefficient (Wildman–Crippen LogP) is 2.38. The average Bonchev–Trinajstić information content (AvgIpc) is 2.91. The van der Waals surface area contributed by atoms with Crippen molar-refractivity contribution in [3.05, 3.63) is 63.5 Å². The Balaban J connectivity index is 2.03. The monoisotopic (exact) mass is 267 g/mol. The Labute approximate surface area is 113 Å². The molecule has 0 aliphatic rings. The molecule has 0 atom stereocenters. The minimum absolute atomic E-state index is 0.0395. The van der Waals surface area contributed by atoms with Crippen LogP contribution in [-0.2, 0) is 6.54 Å². The first-order valence-corrected chi connectivity index (χ1v) is 6.57. The number of hydrogen-bond donors (Lipinski definition) is 0. The fraction of sp³-hybridized carbons (Fsp3) is 0.0714. The summed E-state index contributed by atoms with van der Waals surface area (Å²) in [6, 6.07) is 11.2. The molecule has 92 valence electrons. The van der Waals surface area contributed by atoms with Crippen molar-refractivity contribution in [2.24, 2.45) is 0 Å². The van der Waals surface area contributed by atoms with Gasteiger partial charge in [0, 0.05) is 0 Å². The third-order valence-corrected chi connectivity index (χ3v) is 3.74. The van der Waals surface area contributed by atoms with Crippen LogP contribution in [0.5, 0.6) is 0 Å². The van der Waals surface area contributed by atoms with Crippen molar-refractivity contribution in [2.75, 3.05) is 0 Å². The molecule has 2 heterocycles. The van der Waals surface area contributed by atoms with Crippen LogP contribution in [0.3, 0.4) is 0 Å². The molecule has 0 saturated carbocycles. The molecule has 0 spiro atoms. The molecule has 0 unspecified atom stereocenters. The Morgan fingerprint density at radius 3 is 3.11 bits per heavy atom. The zero-order chi connectivity index (χ0) is 13.2. The van der Waals surface area contributed by atoms with Crippen LogP contribution in [0.4, 0.5) is 0 Å². The van der Waals surface area contributed by atoms with Crippen LogP contribution < -0.4 is 5.56 Å². The van der Waals surface area contributed by atoms with Gasteiger partial charge in [0.2, 0.25) is 0 Å². The van der Waals surface area contributed by atoms with E-state index in [1.54, 1.807) is 23.0 Å². The van der Waals surface area contributed by atoms with Gasteiger partial charge in [0.05, 0.1) is 30.0 Å². The van der Waals surface area contributed by atoms with Crippen LogP contribution >= 0.6 is 11.3 Å². The van der Waals surface area contributed by atoms with Gasteiger partial charge in [-0.2, -0.15) is 5.26 Å². The lowest BCUT2D eigenvalue weighted by Crippen LogP contribution is -2.20. The van der Waals surface area contributed by atoms with Crippen LogP contribution in [0.2, 0.25) is 0 Å². The van der Waals surface area contributed by atoms with Crippen molar-refractivity contribution in [1.29, 1.82) is 5.26 Å². The molecule has 3 aromatic rings. The first-order chi connectivity index (χ1) is 9.28. The molecule has 0 bridgehead atoms. The highest BCUT2D eigenvalue weighted by Crippen LogP contribution is 2.13. The molecule has 19 heavy (non-hydrogen) atoms. The molecular weight excluding hydrogens is 258 g/mol. The summed E-state index contributed by atoms with van der Waals surface area (Å²) in [5.41, 5.74) is 2.20. The smallest absolute Gasteiger partial charge is 0.271 e. The maximum absolute atomic E-state index is 12.2. The van der Waals surface area contributed by atoms with Crippen LogP contribution in [0, 0.1) is 11.3 Å². The van der Waals surface area contributed by atoms with Gasteiger partial charge in [0.15, 0.2) is 0 Å². The SMILES string of the molecule is N#Cc1cccc(Cn2cnc3ccsc3c2=O)c1. The van der Waals surface area contributed by atoms with Gasteiger partial charge < -0.3 is 0 Å². The van der Waals surface area contributed by atoms with Gasteiger partial charge in [0.1, 0.15) is 4.70 Å². The Morgan fingerprint density at radius 2 is 2.26 bits per heavy atom. The first kappa shape index (κ1) is 11.6. The van der Waals surface area contributed by atoms with Gasteiger partial charge in [-0.25, -0.2) is 4.98 Å². The summed E-state index contributed by atoms with van der Waals surface area (Å²) >= 11 is 1.40. The summed E-state index contributed by atoms with van der Waals surface area (Å²) < 4.78 is 2.23. The molecule has 0 fully saturated rings. The second-order valence-electron chi connectivity index (χ2n) is 4.12. The largest absolute Gasteiger partial charge is 0.294 e. The quantitative estimate of drug-likeness (QED) is 0.716. The zero-order valence-electron chi connectivity index (χ0n) is 9.91. The van der Waals surface area contributed by atoms with E-state index in [0.29, 0.717) is 16.8 Å². The van der Waals surface area contributed by atoms with E-state index in [9.17, 15) is 4.79 Å². The van der Waals surface area contributed by atoms with E-state index >= 15 is 0 Å². The van der Waals surface area contributed by atoms with Crippen molar-refractivity contribution in [3.63, 3.8) is 0 Å². The van der Waals surface area contributed by atoms with Crippen molar-refractivity contribution in [3.8, 4) is 6.07 Å². The zero-order valence-corrected chi connectivity index (χ0v) is 10.7. The molecule has 2 aromatic heterocycles. The topological polar surface area (TPSA) is 58.7 Å². The van der Waals surface area contributed by atoms with E-state index in [2.05, 4.69) is 11.1 Å². The lowest BCUT2D eigenvalue weighted by Gasteiger charge is -2.05. The van der Waals surface area contributed by atoms with E-state index < -0.39 is 0 Å². The van der Waals surface area contributed by atoms with E-state index in [1.165, 1.54) is 11.3 Å². The van der Waals surface area contributed by atoms with E-state index in [0.717, 1.165) is 11.1 Å². The van der Waals surface area contributed by atoms with E-state index in [-0.39, 0.29) is 5.56 Å². The Morgan fingerprint density at radius 1 is 1.37 bits per heavy atom. The maximum atomic E-state index is 12.2. The number of thiophene rings is 1. The number of rotatable bonds is 2. The third kappa shape index (κ3) is 2.14. The van der Waals surface area contributed by atoms with Crippen molar-refractivity contribution in [1.82, 2.24) is 9.55 Å². The van der Waals surface area contributed by atoms with Gasteiger partial charge >= 0.3 is 0 Å². The molecule has 3 rings (SSSR count). The second-order valence-corrected chi connectivity index (χ2v) is 5.04. The Hall–Kier alpha value is -2.45. The molecule has 0 saturated heterocycles. The summed E-state index contributed by atoms with van der Waals surface area (Å²) in [5, 5.41) is 10.7. The van der Waals surface area contributed by atoms with Crippen molar-refractivity contribution in [2.45, 2.75) is 6.54 Å². The number of hydrogen-bond acceptors (Lipinski definition) is 4. The number of nitriles is 1. The van der Waals surface area contributed by atoms with Gasteiger partial charge in [0.25, 0.3) is 5.56 Å². The van der Waals surface area contributed by atoms with E-state index in [1.807, 2.05) is 23.6 Å². The fourth-order valence-electron chi connectivity index (χ4n) is 1.93. The highest BCUT2D eigenvalue weighted by molar-refractivity contribution is 7.17. The number of aromatic nitrogens is 2. The van der Waals surface area contributed by atoms with Crippen LogP contribution in [0.15, 0.2) is 46.8 Å². The lowest BCUT2D eigenvalue weighted by atomic mass is 10.1. The number of nitrogens with zero attached hydrogens (tertiary/aromatic N) is 3. The standard InChI is InChI=1S/C14H9N3OS/c15-7-10-2-1-3-11(6-10)8-17-9-16-12-4-5-19-13(12)14(17)18/h1-6,9H,8H2. The van der Waals surface area contributed by atoms with Crippen LogP contribution in [0.1, 0.15) is 11.1 Å². The Kier molecular flexibility index (Phi) is 2.86. The fourth-order valence-corrected chi connectivity index (χ4v) is 2.72. The maximum Gasteiger partial charge on any atom is 0.271 e. The highest BCUT2D eigenvalue weighted by atomic mass is 32.1. The van der Waals surface area contributed by atoms with E-state index in [4.69, 9.17) is 5.26 Å². The summed E-state index contributed by atoms with van der Waals surface area (Å²) in [4.78, 5) is 16.5. The second kappa shape index (κ2) is 4.67. The summed E-state index contributed by atoms with van der Waals surface area (Å²) in [6.45, 7) is 0.426. The lowest BCUT2D eigenvalue weighted by molar-refractivity contribution is 0.749. The summed E-state index contributed by atoms with van der Waals surface area (Å²) in [6.07, 6.45) is 1.55. The number of benzene rings is 1.